The summed E-state index contributed by atoms with van der Waals surface area (Å²) in [5.41, 5.74) is 5.93. The highest BCUT2D eigenvalue weighted by Gasteiger charge is 2.32. The molecule has 0 aromatic heterocycles. The van der Waals surface area contributed by atoms with Crippen LogP contribution in [0.5, 0.6) is 0 Å². The average molecular weight is 354 g/mol. The summed E-state index contributed by atoms with van der Waals surface area (Å²) in [6.45, 7) is 7.28. The first-order valence-electron chi connectivity index (χ1n) is 9.19. The molecule has 0 aliphatic carbocycles. The van der Waals surface area contributed by atoms with Crippen molar-refractivity contribution in [2.75, 3.05) is 12.3 Å². The second-order valence-corrected chi connectivity index (χ2v) is 8.07. The van der Waals surface area contributed by atoms with E-state index in [1.54, 1.807) is 0 Å². The minimum absolute atomic E-state index is 0.132. The first-order chi connectivity index (χ1) is 12.1. The van der Waals surface area contributed by atoms with Crippen molar-refractivity contribution in [3.05, 3.63) is 70.3 Å². The molecule has 0 radical (unpaired) electrons. The number of unbranched alkanes of at least 4 members (excludes halogenated alkanes) is 1. The maximum atomic E-state index is 13.0. The number of thioether (sulfide) groups is 1. The summed E-state index contributed by atoms with van der Waals surface area (Å²) < 4.78 is 0. The van der Waals surface area contributed by atoms with E-state index in [2.05, 4.69) is 51.1 Å². The molecule has 25 heavy (non-hydrogen) atoms. The normalized spacial score (nSPS) is 17.1. The number of hydrogen-bond acceptors (Lipinski definition) is 2. The molecular weight excluding hydrogens is 326 g/mol. The van der Waals surface area contributed by atoms with Gasteiger partial charge in [-0.3, -0.25) is 4.79 Å². The Bertz CT molecular complexity index is 738. The molecule has 1 heterocycles. The molecule has 3 rings (SSSR count). The molecule has 1 atom stereocenters. The number of hydrogen-bond donors (Lipinski definition) is 0. The van der Waals surface area contributed by atoms with E-state index < -0.39 is 0 Å². The summed E-state index contributed by atoms with van der Waals surface area (Å²) in [7, 11) is 0. The van der Waals surface area contributed by atoms with Crippen LogP contribution in [0.1, 0.15) is 57.8 Å². The van der Waals surface area contributed by atoms with E-state index in [0.29, 0.717) is 0 Å². The van der Waals surface area contributed by atoms with Gasteiger partial charge in [0.1, 0.15) is 5.37 Å². The molecule has 0 bridgehead atoms. The number of aryl methyl sites for hydroxylation is 3. The molecule has 132 valence electrons. The Balaban J connectivity index is 1.78. The summed E-state index contributed by atoms with van der Waals surface area (Å²) in [5.74, 6) is 1.15. The molecule has 1 aliphatic rings. The number of carbonyl (C=O) groups is 1. The lowest BCUT2D eigenvalue weighted by atomic mass is 10.0. The Morgan fingerprint density at radius 2 is 1.92 bits per heavy atom. The average Bonchev–Trinajstić information content (AvgIpc) is 3.09. The fourth-order valence-corrected chi connectivity index (χ4v) is 4.75. The van der Waals surface area contributed by atoms with Crippen LogP contribution in [0.4, 0.5) is 0 Å². The van der Waals surface area contributed by atoms with E-state index in [9.17, 15) is 4.79 Å². The molecule has 0 spiro atoms. The summed E-state index contributed by atoms with van der Waals surface area (Å²) in [6, 6.07) is 14.7. The largest absolute Gasteiger partial charge is 0.322 e. The molecule has 1 aliphatic heterocycles. The maximum Gasteiger partial charge on any atom is 0.255 e. The molecule has 0 saturated carbocycles. The van der Waals surface area contributed by atoms with Crippen molar-refractivity contribution in [1.82, 2.24) is 4.90 Å². The molecule has 2 aromatic rings. The highest BCUT2D eigenvalue weighted by Crippen LogP contribution is 2.40. The third-order valence-corrected chi connectivity index (χ3v) is 6.11. The van der Waals surface area contributed by atoms with Gasteiger partial charge < -0.3 is 4.90 Å². The molecule has 0 unspecified atom stereocenters. The lowest BCUT2D eigenvalue weighted by Crippen LogP contribution is -2.30. The molecule has 2 aromatic carbocycles. The Morgan fingerprint density at radius 1 is 1.16 bits per heavy atom. The Hall–Kier alpha value is -1.74. The molecule has 1 saturated heterocycles. The van der Waals surface area contributed by atoms with Gasteiger partial charge in [0.2, 0.25) is 0 Å². The summed E-state index contributed by atoms with van der Waals surface area (Å²) in [4.78, 5) is 15.1. The van der Waals surface area contributed by atoms with Gasteiger partial charge in [-0.2, -0.15) is 0 Å². The van der Waals surface area contributed by atoms with E-state index in [1.807, 2.05) is 28.8 Å². The minimum atomic E-state index is 0.132. The molecule has 1 amide bonds. The fourth-order valence-electron chi connectivity index (χ4n) is 3.40. The van der Waals surface area contributed by atoms with Crippen molar-refractivity contribution < 1.29 is 4.79 Å². The second kappa shape index (κ2) is 8.09. The van der Waals surface area contributed by atoms with Crippen molar-refractivity contribution >= 4 is 17.7 Å². The van der Waals surface area contributed by atoms with Crippen molar-refractivity contribution in [1.29, 1.82) is 0 Å². The quantitative estimate of drug-likeness (QED) is 0.704. The predicted molar refractivity (Wildman–Crippen MR) is 107 cm³/mol. The Morgan fingerprint density at radius 3 is 2.60 bits per heavy atom. The van der Waals surface area contributed by atoms with E-state index in [0.717, 1.165) is 24.3 Å². The van der Waals surface area contributed by atoms with Crippen molar-refractivity contribution in [2.45, 2.75) is 45.4 Å². The Kier molecular flexibility index (Phi) is 5.85. The molecule has 3 heteroatoms. The van der Waals surface area contributed by atoms with Crippen molar-refractivity contribution in [3.8, 4) is 0 Å². The highest BCUT2D eigenvalue weighted by atomic mass is 32.2. The van der Waals surface area contributed by atoms with Gasteiger partial charge in [-0.25, -0.2) is 0 Å². The zero-order valence-electron chi connectivity index (χ0n) is 15.4. The van der Waals surface area contributed by atoms with Gasteiger partial charge in [-0.15, -0.1) is 11.8 Å². The summed E-state index contributed by atoms with van der Waals surface area (Å²) in [6.07, 6.45) is 3.49. The number of benzene rings is 2. The smallest absolute Gasteiger partial charge is 0.255 e. The van der Waals surface area contributed by atoms with Crippen LogP contribution in [-0.4, -0.2) is 23.1 Å². The number of carbonyl (C=O) groups excluding carboxylic acids is 1. The summed E-state index contributed by atoms with van der Waals surface area (Å²) >= 11 is 1.87. The number of nitrogens with zero attached hydrogens (tertiary/aromatic N) is 1. The van der Waals surface area contributed by atoms with Crippen LogP contribution in [0.3, 0.4) is 0 Å². The van der Waals surface area contributed by atoms with Gasteiger partial charge in [0.25, 0.3) is 5.91 Å². The SMILES string of the molecule is CCCCc1ccc(C(=O)N2CCS[C@H]2c2ccc(C)cc2C)cc1. The molecule has 0 N–H and O–H groups in total. The maximum absolute atomic E-state index is 13.0. The van der Waals surface area contributed by atoms with E-state index in [1.165, 1.54) is 35.1 Å². The van der Waals surface area contributed by atoms with Gasteiger partial charge in [-0.1, -0.05) is 49.2 Å². The van der Waals surface area contributed by atoms with Crippen LogP contribution >= 0.6 is 11.8 Å². The molecular formula is C22H27NOS. The van der Waals surface area contributed by atoms with Gasteiger partial charge in [0.15, 0.2) is 0 Å². The lowest BCUT2D eigenvalue weighted by Gasteiger charge is -2.25. The molecule has 1 fully saturated rings. The topological polar surface area (TPSA) is 20.3 Å². The van der Waals surface area contributed by atoms with Crippen LogP contribution in [0.25, 0.3) is 0 Å². The first kappa shape index (κ1) is 18.1. The number of amides is 1. The summed E-state index contributed by atoms with van der Waals surface area (Å²) in [5, 5.41) is 0.132. The monoisotopic (exact) mass is 353 g/mol. The zero-order chi connectivity index (χ0) is 17.8. The van der Waals surface area contributed by atoms with Gasteiger partial charge >= 0.3 is 0 Å². The second-order valence-electron chi connectivity index (χ2n) is 6.88. The van der Waals surface area contributed by atoms with Gasteiger partial charge in [-0.05, 0) is 55.5 Å². The lowest BCUT2D eigenvalue weighted by molar-refractivity contribution is 0.0760. The van der Waals surface area contributed by atoms with Crippen LogP contribution in [-0.2, 0) is 6.42 Å². The van der Waals surface area contributed by atoms with Crippen LogP contribution in [0.2, 0.25) is 0 Å². The third kappa shape index (κ3) is 4.09. The van der Waals surface area contributed by atoms with E-state index in [4.69, 9.17) is 0 Å². The number of rotatable bonds is 5. The van der Waals surface area contributed by atoms with E-state index in [-0.39, 0.29) is 11.3 Å². The van der Waals surface area contributed by atoms with Crippen molar-refractivity contribution in [2.24, 2.45) is 0 Å². The van der Waals surface area contributed by atoms with Crippen LogP contribution < -0.4 is 0 Å². The van der Waals surface area contributed by atoms with E-state index >= 15 is 0 Å². The van der Waals surface area contributed by atoms with Crippen LogP contribution in [0.15, 0.2) is 42.5 Å². The zero-order valence-corrected chi connectivity index (χ0v) is 16.2. The van der Waals surface area contributed by atoms with Crippen LogP contribution in [0, 0.1) is 13.8 Å². The first-order valence-corrected chi connectivity index (χ1v) is 10.2. The van der Waals surface area contributed by atoms with Gasteiger partial charge in [0.05, 0.1) is 0 Å². The fraction of sp³-hybridized carbons (Fsp3) is 0.409. The highest BCUT2D eigenvalue weighted by molar-refractivity contribution is 7.99. The predicted octanol–water partition coefficient (Wildman–Crippen LogP) is 5.53. The third-order valence-electron chi connectivity index (χ3n) is 4.86. The minimum Gasteiger partial charge on any atom is -0.322 e. The Labute approximate surface area is 155 Å². The molecule has 2 nitrogen and oxygen atoms in total. The van der Waals surface area contributed by atoms with Crippen molar-refractivity contribution in [3.63, 3.8) is 0 Å². The standard InChI is InChI=1S/C22H27NOS/c1-4-5-6-18-8-10-19(11-9-18)21(24)23-13-14-25-22(23)20-12-7-16(2)15-17(20)3/h7-12,15,22H,4-6,13-14H2,1-3H3/t22-/m0/s1. The van der Waals surface area contributed by atoms with Gasteiger partial charge in [0, 0.05) is 17.9 Å².